The maximum Gasteiger partial charge on any atom is 0.327 e. The van der Waals surface area contributed by atoms with Crippen LogP contribution in [0.1, 0.15) is 24.0 Å². The van der Waals surface area contributed by atoms with E-state index < -0.39 is 0 Å². The lowest BCUT2D eigenvalue weighted by molar-refractivity contribution is 0.244. The number of carbonyl (C=O) groups excluding carboxylic acids is 1. The number of fused-ring (bicyclic) bond motifs is 1. The molecule has 4 rings (SSSR count). The van der Waals surface area contributed by atoms with Crippen molar-refractivity contribution in [2.75, 3.05) is 11.5 Å². The molecule has 0 fully saturated rings. The lowest BCUT2D eigenvalue weighted by Crippen LogP contribution is -2.51. The molecule has 0 aliphatic carbocycles. The predicted molar refractivity (Wildman–Crippen MR) is 121 cm³/mol. The fourth-order valence-corrected chi connectivity index (χ4v) is 3.52. The van der Waals surface area contributed by atoms with Crippen molar-refractivity contribution in [1.82, 2.24) is 10.6 Å². The van der Waals surface area contributed by atoms with E-state index in [0.717, 1.165) is 33.8 Å². The van der Waals surface area contributed by atoms with Crippen molar-refractivity contribution in [2.45, 2.75) is 25.6 Å². The van der Waals surface area contributed by atoms with Gasteiger partial charge in [0.15, 0.2) is 0 Å². The first-order chi connectivity index (χ1) is 15.0. The number of ether oxygens (including phenoxy) is 1. The van der Waals surface area contributed by atoms with Crippen LogP contribution in [0.4, 0.5) is 10.5 Å². The van der Waals surface area contributed by atoms with Gasteiger partial charge in [-0.3, -0.25) is 10.3 Å². The molecule has 2 aromatic carbocycles. The number of amidine groups is 1. The maximum absolute atomic E-state index is 12.6. The molecule has 2 aliphatic heterocycles. The van der Waals surface area contributed by atoms with Gasteiger partial charge in [-0.15, -0.1) is 0 Å². The summed E-state index contributed by atoms with van der Waals surface area (Å²) in [6.45, 7) is 0.961. The summed E-state index contributed by atoms with van der Waals surface area (Å²) >= 11 is 0. The third-order valence-corrected chi connectivity index (χ3v) is 5.16. The third kappa shape index (κ3) is 4.70. The third-order valence-electron chi connectivity index (χ3n) is 5.16. The van der Waals surface area contributed by atoms with Crippen LogP contribution in [0.15, 0.2) is 66.4 Å². The van der Waals surface area contributed by atoms with Crippen LogP contribution < -0.4 is 31.7 Å². The molecule has 0 saturated carbocycles. The van der Waals surface area contributed by atoms with Crippen molar-refractivity contribution in [3.05, 3.63) is 77.5 Å². The number of nitrogens with two attached hydrogens (primary N) is 2. The molecular formula is C23H26N6O2. The molecule has 2 aliphatic rings. The number of urea groups is 1. The number of amides is 2. The normalized spacial score (nSPS) is 17.3. The molecule has 1 unspecified atom stereocenters. The van der Waals surface area contributed by atoms with Crippen LogP contribution in [-0.2, 0) is 6.54 Å². The van der Waals surface area contributed by atoms with E-state index >= 15 is 0 Å². The van der Waals surface area contributed by atoms with Gasteiger partial charge in [-0.1, -0.05) is 24.3 Å². The Morgan fingerprint density at radius 1 is 1.16 bits per heavy atom. The van der Waals surface area contributed by atoms with E-state index in [4.69, 9.17) is 21.6 Å². The van der Waals surface area contributed by atoms with Crippen LogP contribution in [0.2, 0.25) is 0 Å². The van der Waals surface area contributed by atoms with Crippen molar-refractivity contribution in [3.8, 4) is 5.75 Å². The quantitative estimate of drug-likeness (QED) is 0.256. The van der Waals surface area contributed by atoms with Gasteiger partial charge < -0.3 is 26.8 Å². The molecule has 0 saturated heterocycles. The van der Waals surface area contributed by atoms with Gasteiger partial charge in [0.2, 0.25) is 0 Å². The SMILES string of the molecule is N=C(N)CCCOc1cccc(C2=CC3=CN(c4ccc(CN)cc4)C(=O)NC3N2)c1. The van der Waals surface area contributed by atoms with E-state index in [1.807, 2.05) is 60.8 Å². The van der Waals surface area contributed by atoms with Crippen LogP contribution in [0.25, 0.3) is 5.70 Å². The largest absolute Gasteiger partial charge is 0.494 e. The van der Waals surface area contributed by atoms with Gasteiger partial charge in [0.05, 0.1) is 18.1 Å². The van der Waals surface area contributed by atoms with E-state index in [2.05, 4.69) is 10.6 Å². The van der Waals surface area contributed by atoms with E-state index in [-0.39, 0.29) is 18.0 Å². The number of nitrogens with one attached hydrogen (secondary N) is 3. The summed E-state index contributed by atoms with van der Waals surface area (Å²) in [6, 6.07) is 15.2. The predicted octanol–water partition coefficient (Wildman–Crippen LogP) is 2.62. The standard InChI is InChI=1S/C23H26N6O2/c24-13-15-6-8-18(9-7-15)29-14-17-12-20(27-22(17)28-23(29)30)16-3-1-4-19(11-16)31-10-2-5-21(25)26/h1,3-4,6-9,11-12,14,22,27H,2,5,10,13,24H2,(H3,25,26)(H,28,30). The van der Waals surface area contributed by atoms with Gasteiger partial charge in [-0.2, -0.15) is 0 Å². The molecule has 0 bridgehead atoms. The number of benzene rings is 2. The Morgan fingerprint density at radius 3 is 2.71 bits per heavy atom. The van der Waals surface area contributed by atoms with Gasteiger partial charge in [-0.25, -0.2) is 4.79 Å². The topological polar surface area (TPSA) is 129 Å². The smallest absolute Gasteiger partial charge is 0.327 e. The lowest BCUT2D eigenvalue weighted by Gasteiger charge is -2.29. The zero-order valence-electron chi connectivity index (χ0n) is 17.1. The zero-order valence-corrected chi connectivity index (χ0v) is 17.1. The van der Waals surface area contributed by atoms with E-state index in [9.17, 15) is 4.79 Å². The highest BCUT2D eigenvalue weighted by atomic mass is 16.5. The number of hydrogen-bond donors (Lipinski definition) is 5. The van der Waals surface area contributed by atoms with Crippen molar-refractivity contribution in [1.29, 1.82) is 5.41 Å². The van der Waals surface area contributed by atoms with Gasteiger partial charge in [0, 0.05) is 36.0 Å². The summed E-state index contributed by atoms with van der Waals surface area (Å²) in [6.07, 6.45) is 4.82. The maximum atomic E-state index is 12.6. The lowest BCUT2D eigenvalue weighted by atomic mass is 10.1. The molecule has 1 atom stereocenters. The molecule has 8 nitrogen and oxygen atoms in total. The number of anilines is 1. The Bertz CT molecular complexity index is 1040. The van der Waals surface area contributed by atoms with Crippen molar-refractivity contribution < 1.29 is 9.53 Å². The summed E-state index contributed by atoms with van der Waals surface area (Å²) in [7, 11) is 0. The number of hydrogen-bond acceptors (Lipinski definition) is 5. The van der Waals surface area contributed by atoms with Gasteiger partial charge in [-0.05, 0) is 42.3 Å². The molecule has 2 aromatic rings. The first-order valence-corrected chi connectivity index (χ1v) is 10.2. The van der Waals surface area contributed by atoms with Crippen LogP contribution in [0.3, 0.4) is 0 Å². The molecule has 7 N–H and O–H groups in total. The molecule has 0 radical (unpaired) electrons. The minimum absolute atomic E-state index is 0.167. The van der Waals surface area contributed by atoms with E-state index in [1.165, 1.54) is 0 Å². The van der Waals surface area contributed by atoms with Crippen molar-refractivity contribution in [3.63, 3.8) is 0 Å². The van der Waals surface area contributed by atoms with Crippen LogP contribution in [-0.4, -0.2) is 24.6 Å². The second-order valence-corrected chi connectivity index (χ2v) is 7.46. The number of rotatable bonds is 8. The molecule has 8 heteroatoms. The highest BCUT2D eigenvalue weighted by molar-refractivity contribution is 5.96. The molecule has 31 heavy (non-hydrogen) atoms. The first kappa shape index (κ1) is 20.5. The summed E-state index contributed by atoms with van der Waals surface area (Å²) in [4.78, 5) is 14.2. The Morgan fingerprint density at radius 2 is 1.97 bits per heavy atom. The van der Waals surface area contributed by atoms with Crippen molar-refractivity contribution in [2.24, 2.45) is 11.5 Å². The summed E-state index contributed by atoms with van der Waals surface area (Å²) in [5, 5.41) is 13.6. The second kappa shape index (κ2) is 8.93. The molecule has 160 valence electrons. The van der Waals surface area contributed by atoms with E-state index in [0.29, 0.717) is 26.0 Å². The van der Waals surface area contributed by atoms with Crippen LogP contribution >= 0.6 is 0 Å². The fourth-order valence-electron chi connectivity index (χ4n) is 3.52. The molecular weight excluding hydrogens is 392 g/mol. The summed E-state index contributed by atoms with van der Waals surface area (Å²) in [5.74, 6) is 0.915. The fraction of sp³-hybridized carbons (Fsp3) is 0.217. The van der Waals surface area contributed by atoms with Crippen molar-refractivity contribution >= 4 is 23.3 Å². The average molecular weight is 419 g/mol. The summed E-state index contributed by atoms with van der Waals surface area (Å²) < 4.78 is 5.78. The zero-order chi connectivity index (χ0) is 21.8. The average Bonchev–Trinajstić information content (AvgIpc) is 3.19. The first-order valence-electron chi connectivity index (χ1n) is 10.2. The molecule has 2 amide bonds. The Hall–Kier alpha value is -3.78. The Labute approximate surface area is 181 Å². The van der Waals surface area contributed by atoms with E-state index in [1.54, 1.807) is 4.90 Å². The van der Waals surface area contributed by atoms with Crippen LogP contribution in [0.5, 0.6) is 5.75 Å². The minimum atomic E-state index is -0.276. The summed E-state index contributed by atoms with van der Waals surface area (Å²) in [5.41, 5.74) is 15.7. The van der Waals surface area contributed by atoms with Gasteiger partial charge in [0.25, 0.3) is 0 Å². The molecule has 0 spiro atoms. The van der Waals surface area contributed by atoms with Gasteiger partial charge >= 0.3 is 6.03 Å². The Balaban J connectivity index is 1.49. The monoisotopic (exact) mass is 418 g/mol. The highest BCUT2D eigenvalue weighted by Crippen LogP contribution is 2.29. The Kier molecular flexibility index (Phi) is 5.90. The number of carbonyl (C=O) groups is 1. The highest BCUT2D eigenvalue weighted by Gasteiger charge is 2.31. The molecule has 2 heterocycles. The second-order valence-electron chi connectivity index (χ2n) is 7.46. The number of nitrogens with zero attached hydrogens (tertiary/aromatic N) is 1. The van der Waals surface area contributed by atoms with Crippen LogP contribution in [0, 0.1) is 5.41 Å². The molecule has 0 aromatic heterocycles. The minimum Gasteiger partial charge on any atom is -0.494 e. The van der Waals surface area contributed by atoms with Gasteiger partial charge in [0.1, 0.15) is 11.9 Å².